The number of amides is 6. The molecule has 0 radical (unpaired) electrons. The molecule has 1 saturated heterocycles. The van der Waals surface area contributed by atoms with Gasteiger partial charge in [-0.25, -0.2) is 0 Å². The number of rotatable bonds is 20. The number of fused-ring (bicyclic) bond motifs is 3. The number of carbonyl (C=O) groups is 7. The van der Waals surface area contributed by atoms with Gasteiger partial charge in [0.15, 0.2) is 0 Å². The van der Waals surface area contributed by atoms with Crippen LogP contribution in [0.2, 0.25) is 0 Å². The van der Waals surface area contributed by atoms with Crippen molar-refractivity contribution in [2.45, 2.75) is 168 Å². The molecule has 1 fully saturated rings. The van der Waals surface area contributed by atoms with Crippen molar-refractivity contribution in [2.24, 2.45) is 17.3 Å². The Bertz CT molecular complexity index is 3150. The van der Waals surface area contributed by atoms with Gasteiger partial charge in [-0.15, -0.1) is 0 Å². The number of likely N-dealkylation sites (tertiary alicyclic amines) is 1. The SMILES string of the molecule is CC[C@@H](C)C(=O)N[C@@H](Cc1ccc(NCc2ccc(C(=O)NC3C[C@@H](C(=O)NC4CCCc5ccccc54)N(C(=O)[C@@H](CC(=O)[C@H](C)NC)C(C)(C)C)C3)cc2)cc1)C(=O)N1Cc2ccccc2CC1C(=O)N[C@@H]1CCCc2ccccc21. The van der Waals surface area contributed by atoms with Gasteiger partial charge < -0.3 is 41.7 Å². The summed E-state index contributed by atoms with van der Waals surface area (Å²) in [7, 11) is 1.72. The van der Waals surface area contributed by atoms with Crippen LogP contribution in [0.25, 0.3) is 0 Å². The molecule has 9 atom stereocenters. The first-order valence-electron chi connectivity index (χ1n) is 30.1. The summed E-state index contributed by atoms with van der Waals surface area (Å²) in [5.41, 5.74) is 9.10. The second-order valence-corrected chi connectivity index (χ2v) is 24.6. The van der Waals surface area contributed by atoms with Gasteiger partial charge in [-0.2, -0.15) is 0 Å². The largest absolute Gasteiger partial charge is 0.381 e. The molecular formula is C68H84N8O7. The molecule has 15 nitrogen and oxygen atoms in total. The van der Waals surface area contributed by atoms with Crippen LogP contribution in [0, 0.1) is 17.3 Å². The van der Waals surface area contributed by atoms with Gasteiger partial charge in [0.2, 0.25) is 29.5 Å². The molecule has 6 amide bonds. The van der Waals surface area contributed by atoms with E-state index in [0.717, 1.165) is 77.6 Å². The van der Waals surface area contributed by atoms with Crippen LogP contribution in [0.5, 0.6) is 0 Å². The lowest BCUT2D eigenvalue weighted by Gasteiger charge is -2.39. The summed E-state index contributed by atoms with van der Waals surface area (Å²) >= 11 is 0. The molecule has 0 spiro atoms. The Balaban J connectivity index is 0.844. The minimum Gasteiger partial charge on any atom is -0.381 e. The van der Waals surface area contributed by atoms with Crippen molar-refractivity contribution in [1.29, 1.82) is 0 Å². The number of Topliss-reactive ketones (excluding diaryl/α,β-unsaturated/α-hetero) is 1. The first-order chi connectivity index (χ1) is 39.9. The lowest BCUT2D eigenvalue weighted by atomic mass is 9.76. The third-order valence-electron chi connectivity index (χ3n) is 17.9. The van der Waals surface area contributed by atoms with Crippen LogP contribution >= 0.6 is 0 Å². The van der Waals surface area contributed by atoms with Gasteiger partial charge in [0, 0.05) is 68.0 Å². The van der Waals surface area contributed by atoms with Crippen molar-refractivity contribution in [3.05, 3.63) is 171 Å². The summed E-state index contributed by atoms with van der Waals surface area (Å²) in [5.74, 6) is -2.67. The molecule has 0 bridgehead atoms. The third-order valence-corrected chi connectivity index (χ3v) is 17.9. The maximum Gasteiger partial charge on any atom is 0.251 e. The summed E-state index contributed by atoms with van der Waals surface area (Å²) in [6.07, 6.45) is 6.84. The average Bonchev–Trinajstić information content (AvgIpc) is 3.99. The number of aryl methyl sites for hydroxylation is 2. The van der Waals surface area contributed by atoms with Crippen LogP contribution in [0.15, 0.2) is 121 Å². The Kier molecular flexibility index (Phi) is 19.3. The maximum atomic E-state index is 15.0. The number of ketones is 1. The molecule has 6 N–H and O–H groups in total. The summed E-state index contributed by atoms with van der Waals surface area (Å²) in [6.45, 7) is 12.2. The number of anilines is 1. The van der Waals surface area contributed by atoms with Gasteiger partial charge in [-0.05, 0) is 140 Å². The second-order valence-electron chi connectivity index (χ2n) is 24.6. The molecule has 15 heteroatoms. The number of hydrogen-bond acceptors (Lipinski definition) is 9. The minimum atomic E-state index is -0.918. The fourth-order valence-corrected chi connectivity index (χ4v) is 12.4. The van der Waals surface area contributed by atoms with Crippen LogP contribution in [0.3, 0.4) is 0 Å². The van der Waals surface area contributed by atoms with Crippen LogP contribution in [-0.2, 0) is 67.5 Å². The van der Waals surface area contributed by atoms with Gasteiger partial charge in [0.05, 0.1) is 18.1 Å². The van der Waals surface area contributed by atoms with E-state index in [2.05, 4.69) is 56.2 Å². The number of nitrogens with zero attached hydrogens (tertiary/aromatic N) is 2. The number of likely N-dealkylation sites (N-methyl/N-ethyl adjacent to an activating group) is 1. The predicted octanol–water partition coefficient (Wildman–Crippen LogP) is 8.64. The highest BCUT2D eigenvalue weighted by atomic mass is 16.2. The highest BCUT2D eigenvalue weighted by molar-refractivity contribution is 5.96. The smallest absolute Gasteiger partial charge is 0.251 e. The fourth-order valence-electron chi connectivity index (χ4n) is 12.4. The lowest BCUT2D eigenvalue weighted by Crippen LogP contribution is -2.58. The van der Waals surface area contributed by atoms with E-state index in [1.54, 1.807) is 35.9 Å². The second kappa shape index (κ2) is 26.7. The number of nitrogens with one attached hydrogen (secondary N) is 6. The molecule has 9 rings (SSSR count). The molecular weight excluding hydrogens is 1040 g/mol. The maximum absolute atomic E-state index is 15.0. The van der Waals surface area contributed by atoms with Gasteiger partial charge in [-0.3, -0.25) is 33.6 Å². The topological polar surface area (TPSA) is 198 Å². The van der Waals surface area contributed by atoms with E-state index in [4.69, 9.17) is 0 Å². The van der Waals surface area contributed by atoms with E-state index in [0.29, 0.717) is 24.9 Å². The Morgan fingerprint density at radius 2 is 1.20 bits per heavy atom. The molecule has 3 unspecified atom stereocenters. The van der Waals surface area contributed by atoms with Crippen LogP contribution < -0.4 is 31.9 Å². The summed E-state index contributed by atoms with van der Waals surface area (Å²) in [6, 6.07) is 35.5. The van der Waals surface area contributed by atoms with E-state index in [1.807, 2.05) is 120 Å². The lowest BCUT2D eigenvalue weighted by molar-refractivity contribution is -0.146. The van der Waals surface area contributed by atoms with Gasteiger partial charge in [0.25, 0.3) is 5.91 Å². The summed E-state index contributed by atoms with van der Waals surface area (Å²) in [5, 5.41) is 19.3. The minimum absolute atomic E-state index is 0.0210. The van der Waals surface area contributed by atoms with Crippen molar-refractivity contribution in [3.8, 4) is 0 Å². The standard InChI is InChI=1S/C68H84N8O7/c1-8-42(2)62(78)74-58(67(83)75-40-50-20-10-9-19-49(50)36-59(75)64(80)72-56-25-15-21-46-17-11-13-23-53(46)56)35-44-29-33-51(34-30-44)70-39-45-27-31-48(32-28-45)63(79)71-52-37-60(65(81)73-57-26-16-22-47-18-12-14-24-54(47)57)76(41-52)66(82)55(68(4,5)6)38-61(77)43(3)69-7/h9-14,17-20,23-24,27-34,42-43,52,55-60,69-70H,8,15-16,21-22,25-26,35-41H2,1-7H3,(H,71,79)(H,72,80)(H,73,81)(H,74,78)/t42-,43+,52?,55-,56-,57?,58+,59?,60+/m1/s1. The first-order valence-corrected chi connectivity index (χ1v) is 30.1. The molecule has 2 aliphatic carbocycles. The zero-order valence-electron chi connectivity index (χ0n) is 49.4. The number of carbonyl (C=O) groups excluding carboxylic acids is 7. The van der Waals surface area contributed by atoms with Gasteiger partial charge in [-0.1, -0.05) is 132 Å². The highest BCUT2D eigenvalue weighted by Gasteiger charge is 2.46. The van der Waals surface area contributed by atoms with E-state index >= 15 is 0 Å². The molecule has 2 aliphatic heterocycles. The third kappa shape index (κ3) is 14.4. The monoisotopic (exact) mass is 1120 g/mol. The molecule has 438 valence electrons. The molecule has 5 aromatic carbocycles. The Morgan fingerprint density at radius 1 is 0.639 bits per heavy atom. The van der Waals surface area contributed by atoms with E-state index in [9.17, 15) is 33.6 Å². The number of benzene rings is 5. The van der Waals surface area contributed by atoms with Crippen molar-refractivity contribution in [3.63, 3.8) is 0 Å². The van der Waals surface area contributed by atoms with Crippen LogP contribution in [0.4, 0.5) is 5.69 Å². The van der Waals surface area contributed by atoms with E-state index in [-0.39, 0.29) is 91.6 Å². The zero-order chi connectivity index (χ0) is 59.0. The van der Waals surface area contributed by atoms with Gasteiger partial charge >= 0.3 is 0 Å². The van der Waals surface area contributed by atoms with E-state index < -0.39 is 41.5 Å². The van der Waals surface area contributed by atoms with Crippen LogP contribution in [0.1, 0.15) is 153 Å². The van der Waals surface area contributed by atoms with Crippen molar-refractivity contribution >= 4 is 46.9 Å². The van der Waals surface area contributed by atoms with E-state index in [1.165, 1.54) is 11.1 Å². The Labute approximate surface area is 489 Å². The Morgan fingerprint density at radius 3 is 1.80 bits per heavy atom. The van der Waals surface area contributed by atoms with Crippen molar-refractivity contribution < 1.29 is 33.6 Å². The normalized spacial score (nSPS) is 20.7. The average molecular weight is 1130 g/mol. The molecule has 2 heterocycles. The highest BCUT2D eigenvalue weighted by Crippen LogP contribution is 2.36. The van der Waals surface area contributed by atoms with Crippen LogP contribution in [-0.4, -0.2) is 94.8 Å². The summed E-state index contributed by atoms with van der Waals surface area (Å²) in [4.78, 5) is 103. The molecule has 83 heavy (non-hydrogen) atoms. The fraction of sp³-hybridized carbons (Fsp3) is 0.456. The van der Waals surface area contributed by atoms with Crippen molar-refractivity contribution in [2.75, 3.05) is 18.9 Å². The molecule has 0 saturated carbocycles. The molecule has 0 aromatic heterocycles. The van der Waals surface area contributed by atoms with Gasteiger partial charge in [0.1, 0.15) is 23.9 Å². The predicted molar refractivity (Wildman–Crippen MR) is 323 cm³/mol. The summed E-state index contributed by atoms with van der Waals surface area (Å²) < 4.78 is 0. The molecule has 4 aliphatic rings. The quantitative estimate of drug-likeness (QED) is 0.0442. The Hall–Kier alpha value is -7.65. The molecule has 5 aromatic rings. The zero-order valence-corrected chi connectivity index (χ0v) is 49.4. The number of hydrogen-bond donors (Lipinski definition) is 6. The van der Waals surface area contributed by atoms with Crippen molar-refractivity contribution in [1.82, 2.24) is 36.4 Å². The first kappa shape index (κ1) is 60.0.